The average Bonchev–Trinajstić information content (AvgIpc) is 2.64. The molecular weight excluding hydrogens is 453 g/mol. The first kappa shape index (κ1) is 18.3. The Hall–Kier alpha value is -1.52. The number of rotatable bonds is 4. The number of anilines is 1. The van der Waals surface area contributed by atoms with E-state index in [-0.39, 0.29) is 16.7 Å². The van der Waals surface area contributed by atoms with E-state index >= 15 is 0 Å². The summed E-state index contributed by atoms with van der Waals surface area (Å²) >= 11 is 2.21. The standard InChI is InChI=1S/C17H18IN3O3S/c18-14-3-5-15(6-4-14)20-17(22)13-7-10-21(11-8-13)25(23,24)16-2-1-9-19-12-16/h1-6,9,12-13H,7-8,10-11H2,(H,20,22). The van der Waals surface area contributed by atoms with Gasteiger partial charge in [0.15, 0.2) is 0 Å². The summed E-state index contributed by atoms with van der Waals surface area (Å²) in [6.45, 7) is 0.671. The van der Waals surface area contributed by atoms with Gasteiger partial charge in [-0.15, -0.1) is 0 Å². The zero-order valence-corrected chi connectivity index (χ0v) is 16.4. The number of carbonyl (C=O) groups excluding carboxylic acids is 1. The number of hydrogen-bond acceptors (Lipinski definition) is 4. The van der Waals surface area contributed by atoms with Crippen molar-refractivity contribution >= 4 is 44.2 Å². The van der Waals surface area contributed by atoms with E-state index < -0.39 is 10.0 Å². The Labute approximate surface area is 160 Å². The lowest BCUT2D eigenvalue weighted by Gasteiger charge is -2.30. The Balaban J connectivity index is 1.60. The number of amides is 1. The minimum Gasteiger partial charge on any atom is -0.326 e. The van der Waals surface area contributed by atoms with E-state index in [4.69, 9.17) is 0 Å². The smallest absolute Gasteiger partial charge is 0.244 e. The van der Waals surface area contributed by atoms with Crippen molar-refractivity contribution in [1.29, 1.82) is 0 Å². The molecule has 0 atom stereocenters. The summed E-state index contributed by atoms with van der Waals surface area (Å²) in [6, 6.07) is 10.7. The van der Waals surface area contributed by atoms with Crippen molar-refractivity contribution in [2.75, 3.05) is 18.4 Å². The van der Waals surface area contributed by atoms with Gasteiger partial charge in [-0.2, -0.15) is 4.31 Å². The maximum absolute atomic E-state index is 12.6. The fourth-order valence-corrected chi connectivity index (χ4v) is 4.58. The molecule has 0 unspecified atom stereocenters. The van der Waals surface area contributed by atoms with Crippen LogP contribution < -0.4 is 5.32 Å². The molecule has 1 aliphatic heterocycles. The molecule has 0 saturated carbocycles. The molecule has 0 radical (unpaired) electrons. The van der Waals surface area contributed by atoms with Gasteiger partial charge in [0.2, 0.25) is 15.9 Å². The van der Waals surface area contributed by atoms with Gasteiger partial charge in [0.05, 0.1) is 0 Å². The van der Waals surface area contributed by atoms with Crippen molar-refractivity contribution < 1.29 is 13.2 Å². The fourth-order valence-electron chi connectivity index (χ4n) is 2.78. The van der Waals surface area contributed by atoms with Crippen LogP contribution in [0.2, 0.25) is 0 Å². The first-order chi connectivity index (χ1) is 12.0. The van der Waals surface area contributed by atoms with Crippen molar-refractivity contribution in [3.05, 3.63) is 52.4 Å². The van der Waals surface area contributed by atoms with Crippen molar-refractivity contribution in [3.63, 3.8) is 0 Å². The van der Waals surface area contributed by atoms with Crippen LogP contribution in [-0.2, 0) is 14.8 Å². The highest BCUT2D eigenvalue weighted by Crippen LogP contribution is 2.24. The van der Waals surface area contributed by atoms with E-state index in [9.17, 15) is 13.2 Å². The van der Waals surface area contributed by atoms with Gasteiger partial charge in [0.25, 0.3) is 0 Å². The van der Waals surface area contributed by atoms with Crippen LogP contribution in [-0.4, -0.2) is 36.7 Å². The second-order valence-corrected chi connectivity index (χ2v) is 9.05. The molecule has 0 spiro atoms. The van der Waals surface area contributed by atoms with Gasteiger partial charge < -0.3 is 5.32 Å². The predicted molar refractivity (Wildman–Crippen MR) is 104 cm³/mol. The molecule has 0 aliphatic carbocycles. The van der Waals surface area contributed by atoms with Crippen molar-refractivity contribution in [1.82, 2.24) is 9.29 Å². The Bertz CT molecular complexity index is 833. The molecule has 1 aliphatic rings. The SMILES string of the molecule is O=C(Nc1ccc(I)cc1)C1CCN(S(=O)(=O)c2cccnc2)CC1. The second kappa shape index (κ2) is 7.79. The average molecular weight is 471 g/mol. The number of nitrogens with one attached hydrogen (secondary N) is 1. The number of sulfonamides is 1. The fraction of sp³-hybridized carbons (Fsp3) is 0.294. The van der Waals surface area contributed by atoms with Gasteiger partial charge in [0, 0.05) is 40.7 Å². The van der Waals surface area contributed by atoms with E-state index in [1.54, 1.807) is 12.3 Å². The summed E-state index contributed by atoms with van der Waals surface area (Å²) in [5, 5.41) is 2.90. The third kappa shape index (κ3) is 4.36. The molecule has 25 heavy (non-hydrogen) atoms. The van der Waals surface area contributed by atoms with Gasteiger partial charge in [-0.1, -0.05) is 0 Å². The Morgan fingerprint density at radius 1 is 1.16 bits per heavy atom. The monoisotopic (exact) mass is 471 g/mol. The van der Waals surface area contributed by atoms with E-state index in [0.29, 0.717) is 25.9 Å². The van der Waals surface area contributed by atoms with E-state index in [1.807, 2.05) is 24.3 Å². The Kier molecular flexibility index (Phi) is 5.70. The van der Waals surface area contributed by atoms with Crippen LogP contribution in [0.15, 0.2) is 53.7 Å². The summed E-state index contributed by atoms with van der Waals surface area (Å²) in [5.41, 5.74) is 0.760. The first-order valence-electron chi connectivity index (χ1n) is 7.93. The highest BCUT2D eigenvalue weighted by molar-refractivity contribution is 14.1. The quantitative estimate of drug-likeness (QED) is 0.696. The zero-order chi connectivity index (χ0) is 17.9. The van der Waals surface area contributed by atoms with Gasteiger partial charge in [-0.25, -0.2) is 8.42 Å². The lowest BCUT2D eigenvalue weighted by Crippen LogP contribution is -2.41. The molecule has 2 aromatic rings. The molecule has 132 valence electrons. The minimum atomic E-state index is -3.54. The number of carbonyl (C=O) groups is 1. The van der Waals surface area contributed by atoms with Crippen LogP contribution in [0.5, 0.6) is 0 Å². The van der Waals surface area contributed by atoms with Crippen LogP contribution in [0, 0.1) is 9.49 Å². The number of piperidine rings is 1. The zero-order valence-electron chi connectivity index (χ0n) is 13.4. The topological polar surface area (TPSA) is 79.4 Å². The maximum Gasteiger partial charge on any atom is 0.244 e. The Morgan fingerprint density at radius 3 is 2.44 bits per heavy atom. The van der Waals surface area contributed by atoms with Crippen LogP contribution in [0.3, 0.4) is 0 Å². The van der Waals surface area contributed by atoms with Gasteiger partial charge in [-0.3, -0.25) is 9.78 Å². The van der Waals surface area contributed by atoms with E-state index in [0.717, 1.165) is 9.26 Å². The molecule has 1 aromatic heterocycles. The van der Waals surface area contributed by atoms with E-state index in [1.165, 1.54) is 16.6 Å². The Morgan fingerprint density at radius 2 is 1.84 bits per heavy atom. The van der Waals surface area contributed by atoms with Gasteiger partial charge >= 0.3 is 0 Å². The molecule has 3 rings (SSSR count). The highest BCUT2D eigenvalue weighted by atomic mass is 127. The normalized spacial score (nSPS) is 16.5. The molecule has 1 amide bonds. The maximum atomic E-state index is 12.6. The number of benzene rings is 1. The van der Waals surface area contributed by atoms with E-state index in [2.05, 4.69) is 32.9 Å². The number of halogens is 1. The number of hydrogen-bond donors (Lipinski definition) is 1. The van der Waals surface area contributed by atoms with Gasteiger partial charge in [-0.05, 0) is 71.8 Å². The van der Waals surface area contributed by atoms with Crippen molar-refractivity contribution in [2.45, 2.75) is 17.7 Å². The summed E-state index contributed by atoms with van der Waals surface area (Å²) in [7, 11) is -3.54. The number of nitrogens with zero attached hydrogens (tertiary/aromatic N) is 2. The molecule has 1 fully saturated rings. The molecular formula is C17H18IN3O3S. The lowest BCUT2D eigenvalue weighted by atomic mass is 9.97. The van der Waals surface area contributed by atoms with Gasteiger partial charge in [0.1, 0.15) is 4.90 Å². The first-order valence-corrected chi connectivity index (χ1v) is 10.5. The van der Waals surface area contributed by atoms with Crippen molar-refractivity contribution in [2.24, 2.45) is 5.92 Å². The molecule has 1 saturated heterocycles. The van der Waals surface area contributed by atoms with Crippen LogP contribution in [0.4, 0.5) is 5.69 Å². The summed E-state index contributed by atoms with van der Waals surface area (Å²) in [4.78, 5) is 16.5. The van der Waals surface area contributed by atoms with Crippen LogP contribution >= 0.6 is 22.6 Å². The summed E-state index contributed by atoms with van der Waals surface area (Å²) < 4.78 is 27.7. The van der Waals surface area contributed by atoms with Crippen molar-refractivity contribution in [3.8, 4) is 0 Å². The molecule has 1 aromatic carbocycles. The molecule has 2 heterocycles. The summed E-state index contributed by atoms with van der Waals surface area (Å²) in [5.74, 6) is -0.237. The predicted octanol–water partition coefficient (Wildman–Crippen LogP) is 2.73. The molecule has 8 heteroatoms. The largest absolute Gasteiger partial charge is 0.326 e. The number of pyridine rings is 1. The third-order valence-electron chi connectivity index (χ3n) is 4.21. The highest BCUT2D eigenvalue weighted by Gasteiger charge is 2.32. The second-order valence-electron chi connectivity index (χ2n) is 5.86. The summed E-state index contributed by atoms with van der Waals surface area (Å²) in [6.07, 6.45) is 3.91. The van der Waals surface area contributed by atoms with Crippen LogP contribution in [0.25, 0.3) is 0 Å². The molecule has 0 bridgehead atoms. The minimum absolute atomic E-state index is 0.0559. The van der Waals surface area contributed by atoms with Crippen LogP contribution in [0.1, 0.15) is 12.8 Å². The lowest BCUT2D eigenvalue weighted by molar-refractivity contribution is -0.120. The third-order valence-corrected chi connectivity index (χ3v) is 6.81. The number of aromatic nitrogens is 1. The molecule has 1 N–H and O–H groups in total. The molecule has 6 nitrogen and oxygen atoms in total.